The molecule has 12 rings (SSSR count). The molecular formula is C54H33NOS. The first-order chi connectivity index (χ1) is 28.2. The Balaban J connectivity index is 1.13. The SMILES string of the molecule is c1ccc2cc(-c3cc(N(c4ccc5c(c4)oc4ccccc45)c4ccc5c(c4)sc4ccccc45)ccc3-c3cc4ccccc4c4ccccc34)ccc2c1. The van der Waals surface area contributed by atoms with Gasteiger partial charge in [0.25, 0.3) is 0 Å². The molecule has 0 fully saturated rings. The smallest absolute Gasteiger partial charge is 0.137 e. The Morgan fingerprint density at radius 2 is 0.930 bits per heavy atom. The Bertz CT molecular complexity index is 3440. The van der Waals surface area contributed by atoms with Gasteiger partial charge in [0.1, 0.15) is 11.2 Å². The van der Waals surface area contributed by atoms with Crippen LogP contribution < -0.4 is 4.90 Å². The van der Waals surface area contributed by atoms with E-state index in [4.69, 9.17) is 4.42 Å². The number of nitrogens with zero attached hydrogens (tertiary/aromatic N) is 1. The van der Waals surface area contributed by atoms with E-state index in [-0.39, 0.29) is 0 Å². The van der Waals surface area contributed by atoms with Crippen molar-refractivity contribution in [1.82, 2.24) is 0 Å². The van der Waals surface area contributed by atoms with Crippen LogP contribution in [-0.4, -0.2) is 0 Å². The zero-order valence-corrected chi connectivity index (χ0v) is 31.6. The molecule has 3 heteroatoms. The Morgan fingerprint density at radius 1 is 0.316 bits per heavy atom. The molecule has 0 saturated heterocycles. The summed E-state index contributed by atoms with van der Waals surface area (Å²) in [7, 11) is 0. The zero-order valence-electron chi connectivity index (χ0n) is 30.8. The van der Waals surface area contributed by atoms with Gasteiger partial charge in [-0.2, -0.15) is 0 Å². The molecule has 57 heavy (non-hydrogen) atoms. The highest BCUT2D eigenvalue weighted by Gasteiger charge is 2.21. The summed E-state index contributed by atoms with van der Waals surface area (Å²) in [4.78, 5) is 2.39. The van der Waals surface area contributed by atoms with Crippen molar-refractivity contribution in [1.29, 1.82) is 0 Å². The Hall–Kier alpha value is -7.20. The van der Waals surface area contributed by atoms with Crippen LogP contribution in [0.3, 0.4) is 0 Å². The lowest BCUT2D eigenvalue weighted by atomic mass is 9.88. The van der Waals surface area contributed by atoms with Gasteiger partial charge in [0, 0.05) is 54.1 Å². The molecule has 0 aliphatic carbocycles. The Morgan fingerprint density at radius 3 is 1.81 bits per heavy atom. The number of hydrogen-bond donors (Lipinski definition) is 0. The summed E-state index contributed by atoms with van der Waals surface area (Å²) in [6.07, 6.45) is 0. The lowest BCUT2D eigenvalue weighted by molar-refractivity contribution is 0.669. The van der Waals surface area contributed by atoms with Gasteiger partial charge >= 0.3 is 0 Å². The molecule has 2 aromatic heterocycles. The van der Waals surface area contributed by atoms with E-state index in [9.17, 15) is 0 Å². The lowest BCUT2D eigenvalue weighted by Crippen LogP contribution is -2.10. The third-order valence-electron chi connectivity index (χ3n) is 11.6. The van der Waals surface area contributed by atoms with Crippen LogP contribution in [0.15, 0.2) is 205 Å². The number of rotatable bonds is 5. The molecule has 0 aliphatic heterocycles. The average Bonchev–Trinajstić information content (AvgIpc) is 3.84. The third kappa shape index (κ3) is 5.17. The summed E-state index contributed by atoms with van der Waals surface area (Å²) in [6, 6.07) is 73.0. The number of thiophene rings is 1. The topological polar surface area (TPSA) is 16.4 Å². The average molecular weight is 744 g/mol. The molecule has 0 N–H and O–H groups in total. The van der Waals surface area contributed by atoms with Gasteiger partial charge in [-0.15, -0.1) is 11.3 Å². The second-order valence-electron chi connectivity index (χ2n) is 14.9. The van der Waals surface area contributed by atoms with Gasteiger partial charge in [-0.3, -0.25) is 0 Å². The number of furan rings is 1. The largest absolute Gasteiger partial charge is 0.456 e. The molecule has 2 nitrogen and oxygen atoms in total. The summed E-state index contributed by atoms with van der Waals surface area (Å²) in [5.41, 5.74) is 9.75. The molecular weight excluding hydrogens is 711 g/mol. The summed E-state index contributed by atoms with van der Waals surface area (Å²) in [6.45, 7) is 0. The van der Waals surface area contributed by atoms with E-state index >= 15 is 0 Å². The molecule has 0 bridgehead atoms. The molecule has 12 aromatic rings. The maximum absolute atomic E-state index is 6.49. The van der Waals surface area contributed by atoms with E-state index in [1.165, 1.54) is 74.7 Å². The Labute approximate surface area is 333 Å². The van der Waals surface area contributed by atoms with Crippen LogP contribution >= 0.6 is 11.3 Å². The molecule has 0 atom stereocenters. The predicted molar refractivity (Wildman–Crippen MR) is 245 cm³/mol. The highest BCUT2D eigenvalue weighted by molar-refractivity contribution is 7.25. The van der Waals surface area contributed by atoms with E-state index in [1.54, 1.807) is 0 Å². The Kier molecular flexibility index (Phi) is 7.13. The summed E-state index contributed by atoms with van der Waals surface area (Å²) < 4.78 is 9.05. The number of hydrogen-bond acceptors (Lipinski definition) is 3. The van der Waals surface area contributed by atoms with E-state index in [1.807, 2.05) is 23.5 Å². The minimum atomic E-state index is 0.871. The number of para-hydroxylation sites is 1. The van der Waals surface area contributed by atoms with Crippen LogP contribution in [0.1, 0.15) is 0 Å². The van der Waals surface area contributed by atoms with Crippen LogP contribution in [-0.2, 0) is 0 Å². The van der Waals surface area contributed by atoms with Crippen molar-refractivity contribution >= 4 is 103 Å². The predicted octanol–water partition coefficient (Wildman–Crippen LogP) is 16.2. The van der Waals surface area contributed by atoms with Gasteiger partial charge < -0.3 is 9.32 Å². The third-order valence-corrected chi connectivity index (χ3v) is 12.8. The van der Waals surface area contributed by atoms with Crippen LogP contribution in [0.2, 0.25) is 0 Å². The van der Waals surface area contributed by atoms with Crippen molar-refractivity contribution in [2.24, 2.45) is 0 Å². The van der Waals surface area contributed by atoms with Crippen molar-refractivity contribution in [3.63, 3.8) is 0 Å². The first kappa shape index (κ1) is 32.1. The van der Waals surface area contributed by atoms with Gasteiger partial charge in [-0.1, -0.05) is 133 Å². The maximum atomic E-state index is 6.49. The summed E-state index contributed by atoms with van der Waals surface area (Å²) in [5, 5.41) is 12.3. The van der Waals surface area contributed by atoms with Crippen LogP contribution in [0.5, 0.6) is 0 Å². The molecule has 0 radical (unpaired) electrons. The van der Waals surface area contributed by atoms with Crippen molar-refractivity contribution in [3.8, 4) is 22.3 Å². The molecule has 0 saturated carbocycles. The fraction of sp³-hybridized carbons (Fsp3) is 0. The van der Waals surface area contributed by atoms with Crippen LogP contribution in [0.4, 0.5) is 17.1 Å². The van der Waals surface area contributed by atoms with Gasteiger partial charge in [-0.05, 0) is 115 Å². The highest BCUT2D eigenvalue weighted by Crippen LogP contribution is 2.46. The minimum absolute atomic E-state index is 0.871. The van der Waals surface area contributed by atoms with Crippen LogP contribution in [0, 0.1) is 0 Å². The molecule has 266 valence electrons. The van der Waals surface area contributed by atoms with E-state index < -0.39 is 0 Å². The second-order valence-corrected chi connectivity index (χ2v) is 16.0. The fourth-order valence-corrected chi connectivity index (χ4v) is 10.1. The summed E-state index contributed by atoms with van der Waals surface area (Å²) >= 11 is 1.85. The molecule has 2 heterocycles. The highest BCUT2D eigenvalue weighted by atomic mass is 32.1. The summed E-state index contributed by atoms with van der Waals surface area (Å²) in [5.74, 6) is 0. The van der Waals surface area contributed by atoms with Crippen molar-refractivity contribution in [3.05, 3.63) is 200 Å². The fourth-order valence-electron chi connectivity index (χ4n) is 8.93. The molecule has 0 unspecified atom stereocenters. The van der Waals surface area contributed by atoms with Gasteiger partial charge in [0.2, 0.25) is 0 Å². The first-order valence-corrected chi connectivity index (χ1v) is 20.2. The first-order valence-electron chi connectivity index (χ1n) is 19.4. The monoisotopic (exact) mass is 743 g/mol. The normalized spacial score (nSPS) is 11.9. The van der Waals surface area contributed by atoms with E-state index in [0.717, 1.165) is 39.0 Å². The second kappa shape index (κ2) is 12.7. The van der Waals surface area contributed by atoms with Crippen LogP contribution in [0.25, 0.3) is 96.7 Å². The number of benzene rings is 10. The standard InChI is InChI=1S/C54H33NOS/c1-2-12-35-29-37(22-21-34(35)11-1)49-31-38(23-26-44(49)50-30-36-13-3-4-14-41(36)42-15-5-6-16-43(42)50)55(39-24-27-46-45-17-7-9-19-51(45)56-52(46)32-39)40-25-28-48-47-18-8-10-20-53(47)57-54(48)33-40/h1-33H. The van der Waals surface area contributed by atoms with Gasteiger partial charge in [0.15, 0.2) is 0 Å². The van der Waals surface area contributed by atoms with Crippen molar-refractivity contribution in [2.45, 2.75) is 0 Å². The zero-order chi connectivity index (χ0) is 37.5. The lowest BCUT2D eigenvalue weighted by Gasteiger charge is -2.27. The molecule has 10 aromatic carbocycles. The number of anilines is 3. The molecule has 0 spiro atoms. The quantitative estimate of drug-likeness (QED) is 0.163. The van der Waals surface area contributed by atoms with E-state index in [0.29, 0.717) is 0 Å². The van der Waals surface area contributed by atoms with Gasteiger partial charge in [0.05, 0.1) is 0 Å². The molecule has 0 amide bonds. The van der Waals surface area contributed by atoms with E-state index in [2.05, 4.69) is 193 Å². The van der Waals surface area contributed by atoms with Crippen molar-refractivity contribution < 1.29 is 4.42 Å². The number of fused-ring (bicyclic) bond motifs is 10. The maximum Gasteiger partial charge on any atom is 0.137 e. The minimum Gasteiger partial charge on any atom is -0.456 e. The van der Waals surface area contributed by atoms with Gasteiger partial charge in [-0.25, -0.2) is 0 Å². The molecule has 0 aliphatic rings. The van der Waals surface area contributed by atoms with Crippen molar-refractivity contribution in [2.75, 3.05) is 4.90 Å².